The third kappa shape index (κ3) is 3.04. The van der Waals surface area contributed by atoms with E-state index in [2.05, 4.69) is 15.9 Å². The number of rotatable bonds is 5. The lowest BCUT2D eigenvalue weighted by molar-refractivity contribution is 0.101. The summed E-state index contributed by atoms with van der Waals surface area (Å²) in [4.78, 5) is 11.7. The SMILES string of the molecule is COc1cc(C(=O)C(Cl)Br)cc(OC)c1OC. The largest absolute Gasteiger partial charge is 0.493 e. The van der Waals surface area contributed by atoms with E-state index in [-0.39, 0.29) is 5.78 Å². The van der Waals surface area contributed by atoms with Crippen molar-refractivity contribution in [1.82, 2.24) is 0 Å². The van der Waals surface area contributed by atoms with Crippen molar-refractivity contribution in [2.45, 2.75) is 4.29 Å². The molecule has 4 nitrogen and oxygen atoms in total. The van der Waals surface area contributed by atoms with E-state index in [1.54, 1.807) is 12.1 Å². The Morgan fingerprint density at radius 2 is 1.65 bits per heavy atom. The molecule has 0 heterocycles. The normalized spacial score (nSPS) is 11.8. The molecule has 94 valence electrons. The maximum absolute atomic E-state index is 11.7. The number of halogens is 2. The van der Waals surface area contributed by atoms with Gasteiger partial charge in [-0.15, -0.1) is 11.6 Å². The number of carbonyl (C=O) groups excluding carboxylic acids is 1. The average molecular weight is 324 g/mol. The number of carbonyl (C=O) groups is 1. The van der Waals surface area contributed by atoms with Crippen LogP contribution in [0.4, 0.5) is 0 Å². The molecule has 0 spiro atoms. The minimum absolute atomic E-state index is 0.272. The van der Waals surface area contributed by atoms with E-state index in [0.717, 1.165) is 0 Å². The van der Waals surface area contributed by atoms with Crippen molar-refractivity contribution in [3.8, 4) is 17.2 Å². The topological polar surface area (TPSA) is 44.8 Å². The van der Waals surface area contributed by atoms with Crippen LogP contribution in [0.15, 0.2) is 12.1 Å². The lowest BCUT2D eigenvalue weighted by Crippen LogP contribution is -2.08. The van der Waals surface area contributed by atoms with Crippen LogP contribution >= 0.6 is 27.5 Å². The van der Waals surface area contributed by atoms with Gasteiger partial charge in [0.2, 0.25) is 5.75 Å². The predicted octanol–water partition coefficient (Wildman–Crippen LogP) is 2.85. The van der Waals surface area contributed by atoms with Crippen LogP contribution in [0.2, 0.25) is 0 Å². The van der Waals surface area contributed by atoms with Gasteiger partial charge >= 0.3 is 0 Å². The number of ketones is 1. The summed E-state index contributed by atoms with van der Waals surface area (Å²) in [6.45, 7) is 0. The van der Waals surface area contributed by atoms with Gasteiger partial charge in [-0.1, -0.05) is 15.9 Å². The zero-order valence-electron chi connectivity index (χ0n) is 9.62. The quantitative estimate of drug-likeness (QED) is 0.617. The maximum Gasteiger partial charge on any atom is 0.203 e. The fraction of sp³-hybridized carbons (Fsp3) is 0.364. The fourth-order valence-corrected chi connectivity index (χ4v) is 1.74. The molecule has 0 bridgehead atoms. The van der Waals surface area contributed by atoms with E-state index < -0.39 is 4.29 Å². The molecule has 1 aromatic rings. The van der Waals surface area contributed by atoms with E-state index in [1.165, 1.54) is 21.3 Å². The number of alkyl halides is 2. The van der Waals surface area contributed by atoms with Crippen LogP contribution < -0.4 is 14.2 Å². The predicted molar refractivity (Wildman–Crippen MR) is 69.0 cm³/mol. The summed E-state index contributed by atoms with van der Waals surface area (Å²) in [6, 6.07) is 3.11. The molecule has 0 fully saturated rings. The summed E-state index contributed by atoms with van der Waals surface area (Å²) in [6.07, 6.45) is 0. The number of Topliss-reactive ketones (excluding diaryl/α,β-unsaturated/α-hetero) is 1. The second-order valence-electron chi connectivity index (χ2n) is 3.08. The van der Waals surface area contributed by atoms with Crippen molar-refractivity contribution < 1.29 is 19.0 Å². The second kappa shape index (κ2) is 6.12. The molecule has 1 aromatic carbocycles. The van der Waals surface area contributed by atoms with Crippen LogP contribution in [-0.4, -0.2) is 31.4 Å². The molecule has 0 N–H and O–H groups in total. The first kappa shape index (κ1) is 14.1. The standard InChI is InChI=1S/C11H12BrClO4/c1-15-7-4-6(9(14)11(12)13)5-8(16-2)10(7)17-3/h4-5,11H,1-3H3. The lowest BCUT2D eigenvalue weighted by atomic mass is 10.1. The van der Waals surface area contributed by atoms with Gasteiger partial charge in [0.15, 0.2) is 21.6 Å². The minimum Gasteiger partial charge on any atom is -0.493 e. The zero-order valence-corrected chi connectivity index (χ0v) is 12.0. The molecule has 0 aromatic heterocycles. The van der Waals surface area contributed by atoms with Gasteiger partial charge in [-0.3, -0.25) is 4.79 Å². The summed E-state index contributed by atoms with van der Waals surface area (Å²) < 4.78 is 14.6. The number of ether oxygens (including phenoxy) is 3. The van der Waals surface area contributed by atoms with Crippen LogP contribution in [0.5, 0.6) is 17.2 Å². The molecule has 0 saturated carbocycles. The lowest BCUT2D eigenvalue weighted by Gasteiger charge is -2.13. The van der Waals surface area contributed by atoms with Gasteiger partial charge in [-0.25, -0.2) is 0 Å². The molecule has 0 aliphatic carbocycles. The smallest absolute Gasteiger partial charge is 0.203 e. The Kier molecular flexibility index (Phi) is 5.08. The summed E-state index contributed by atoms with van der Waals surface area (Å²) in [5, 5.41) is 0. The second-order valence-corrected chi connectivity index (χ2v) is 4.96. The van der Waals surface area contributed by atoms with Crippen LogP contribution in [0.25, 0.3) is 0 Å². The molecule has 0 aliphatic rings. The monoisotopic (exact) mass is 322 g/mol. The summed E-state index contributed by atoms with van der Waals surface area (Å²) in [5.41, 5.74) is 0.386. The Hall–Kier alpha value is -0.940. The van der Waals surface area contributed by atoms with Crippen molar-refractivity contribution in [2.24, 2.45) is 0 Å². The third-order valence-corrected chi connectivity index (χ3v) is 2.76. The van der Waals surface area contributed by atoms with Gasteiger partial charge in [0.1, 0.15) is 0 Å². The maximum atomic E-state index is 11.7. The van der Waals surface area contributed by atoms with Gasteiger partial charge in [-0.2, -0.15) is 0 Å². The van der Waals surface area contributed by atoms with Crippen LogP contribution in [-0.2, 0) is 0 Å². The van der Waals surface area contributed by atoms with Gasteiger partial charge < -0.3 is 14.2 Å². The van der Waals surface area contributed by atoms with Crippen molar-refractivity contribution >= 4 is 33.3 Å². The Balaban J connectivity index is 3.32. The Morgan fingerprint density at radius 1 is 1.18 bits per heavy atom. The van der Waals surface area contributed by atoms with Gasteiger partial charge in [-0.05, 0) is 12.1 Å². The van der Waals surface area contributed by atoms with E-state index in [9.17, 15) is 4.79 Å². The molecule has 6 heteroatoms. The average Bonchev–Trinajstić information content (AvgIpc) is 2.35. The van der Waals surface area contributed by atoms with Crippen molar-refractivity contribution in [3.05, 3.63) is 17.7 Å². The van der Waals surface area contributed by atoms with E-state index in [0.29, 0.717) is 22.8 Å². The highest BCUT2D eigenvalue weighted by Crippen LogP contribution is 2.38. The highest BCUT2D eigenvalue weighted by molar-refractivity contribution is 9.10. The summed E-state index contributed by atoms with van der Waals surface area (Å²) in [5.74, 6) is 0.998. The Labute approximate surface area is 113 Å². The van der Waals surface area contributed by atoms with Crippen molar-refractivity contribution in [2.75, 3.05) is 21.3 Å². The zero-order chi connectivity index (χ0) is 13.0. The minimum atomic E-state index is -0.787. The molecule has 0 amide bonds. The molecule has 1 unspecified atom stereocenters. The van der Waals surface area contributed by atoms with Gasteiger partial charge in [0.25, 0.3) is 0 Å². The first-order chi connectivity index (χ1) is 8.04. The molecule has 0 saturated heterocycles. The Morgan fingerprint density at radius 3 is 1.94 bits per heavy atom. The van der Waals surface area contributed by atoms with Crippen LogP contribution in [0, 0.1) is 0 Å². The number of benzene rings is 1. The number of methoxy groups -OCH3 is 3. The molecule has 0 radical (unpaired) electrons. The van der Waals surface area contributed by atoms with Crippen LogP contribution in [0.1, 0.15) is 10.4 Å². The highest BCUT2D eigenvalue weighted by atomic mass is 79.9. The molecule has 17 heavy (non-hydrogen) atoms. The van der Waals surface area contributed by atoms with E-state index in [1.807, 2.05) is 0 Å². The Bertz CT molecular complexity index is 395. The first-order valence-corrected chi connectivity index (χ1v) is 6.02. The summed E-state index contributed by atoms with van der Waals surface area (Å²) >= 11 is 8.69. The van der Waals surface area contributed by atoms with Crippen LogP contribution in [0.3, 0.4) is 0 Å². The molecule has 1 rings (SSSR count). The van der Waals surface area contributed by atoms with E-state index >= 15 is 0 Å². The fourth-order valence-electron chi connectivity index (χ4n) is 1.35. The highest BCUT2D eigenvalue weighted by Gasteiger charge is 2.20. The van der Waals surface area contributed by atoms with Gasteiger partial charge in [0.05, 0.1) is 21.3 Å². The molecule has 0 aliphatic heterocycles. The number of hydrogen-bond donors (Lipinski definition) is 0. The third-order valence-electron chi connectivity index (χ3n) is 2.15. The molecular weight excluding hydrogens is 311 g/mol. The van der Waals surface area contributed by atoms with E-state index in [4.69, 9.17) is 25.8 Å². The van der Waals surface area contributed by atoms with Gasteiger partial charge in [0, 0.05) is 5.56 Å². The number of hydrogen-bond acceptors (Lipinski definition) is 4. The first-order valence-electron chi connectivity index (χ1n) is 4.67. The molecular formula is C11H12BrClO4. The molecule has 1 atom stereocenters. The van der Waals surface area contributed by atoms with Crippen molar-refractivity contribution in [3.63, 3.8) is 0 Å². The summed E-state index contributed by atoms with van der Waals surface area (Å²) in [7, 11) is 4.46. The van der Waals surface area contributed by atoms with Crippen molar-refractivity contribution in [1.29, 1.82) is 0 Å².